The van der Waals surface area contributed by atoms with Crippen LogP contribution in [0.15, 0.2) is 60.8 Å². The van der Waals surface area contributed by atoms with Crippen molar-refractivity contribution < 1.29 is 41.9 Å². The Kier molecular flexibility index (Phi) is 10.0. The van der Waals surface area contributed by atoms with Gasteiger partial charge in [0.05, 0.1) is 5.52 Å². The zero-order valence-corrected chi connectivity index (χ0v) is 21.2. The molecule has 1 unspecified atom stereocenters. The van der Waals surface area contributed by atoms with Crippen molar-refractivity contribution in [2.24, 2.45) is 0 Å². The van der Waals surface area contributed by atoms with Gasteiger partial charge in [-0.25, -0.2) is 18.4 Å². The van der Waals surface area contributed by atoms with Gasteiger partial charge in [0.15, 0.2) is 0 Å². The van der Waals surface area contributed by atoms with Gasteiger partial charge in [-0.1, -0.05) is 36.4 Å². The topological polar surface area (TPSA) is 115 Å². The van der Waals surface area contributed by atoms with Gasteiger partial charge in [-0.3, -0.25) is 9.32 Å². The third-order valence-corrected chi connectivity index (χ3v) is 6.13. The van der Waals surface area contributed by atoms with Gasteiger partial charge in [0, 0.05) is 25.1 Å². The number of hydrogen-bond donors (Lipinski definition) is 0. The molecule has 36 heavy (non-hydrogen) atoms. The molecular formula is C24H29N2O9P. The molecule has 11 nitrogen and oxygen atoms in total. The number of ether oxygens (including phenoxy) is 3. The quantitative estimate of drug-likeness (QED) is 0.138. The summed E-state index contributed by atoms with van der Waals surface area (Å²) >= 11 is 0. The highest BCUT2D eigenvalue weighted by molar-refractivity contribution is 7.48. The lowest BCUT2D eigenvalue weighted by Crippen LogP contribution is -2.15. The third-order valence-electron chi connectivity index (χ3n) is 4.86. The maximum atomic E-state index is 13.2. The largest absolute Gasteiger partial charge is 0.515 e. The van der Waals surface area contributed by atoms with Crippen molar-refractivity contribution in [1.82, 2.24) is 9.47 Å². The maximum absolute atomic E-state index is 13.2. The Labute approximate surface area is 209 Å². The van der Waals surface area contributed by atoms with Crippen molar-refractivity contribution in [3.05, 3.63) is 66.4 Å². The summed E-state index contributed by atoms with van der Waals surface area (Å²) in [7, 11) is -0.330. The minimum atomic E-state index is -4.32. The second kappa shape index (κ2) is 13.2. The minimum absolute atomic E-state index is 0.200. The molecule has 2 aromatic carbocycles. The molecule has 1 atom stereocenters. The molecule has 3 aromatic rings. The molecule has 12 heteroatoms. The van der Waals surface area contributed by atoms with Crippen LogP contribution in [0.3, 0.4) is 0 Å². The van der Waals surface area contributed by atoms with Crippen LogP contribution in [0.4, 0.5) is 4.79 Å². The third kappa shape index (κ3) is 8.47. The van der Waals surface area contributed by atoms with Crippen molar-refractivity contribution in [1.29, 1.82) is 0 Å². The van der Waals surface area contributed by atoms with E-state index in [1.165, 1.54) is 6.92 Å². The lowest BCUT2D eigenvalue weighted by Gasteiger charge is -2.18. The number of benzene rings is 2. The molecule has 0 fully saturated rings. The summed E-state index contributed by atoms with van der Waals surface area (Å²) in [5.74, 6) is -0.385. The second-order valence-electron chi connectivity index (χ2n) is 7.84. The SMILES string of the molecule is CC(=O)OCOP(=O)(OCOC(=O)Oc1ccccc1)OCn1cc(CCN(C)C)c2ccccc21. The smallest absolute Gasteiger partial charge is 0.438 e. The molecular weight excluding hydrogens is 491 g/mol. The number of nitrogens with zero attached hydrogens (tertiary/aromatic N) is 2. The van der Waals surface area contributed by atoms with E-state index in [1.54, 1.807) is 34.9 Å². The van der Waals surface area contributed by atoms with Crippen LogP contribution in [0, 0.1) is 0 Å². The van der Waals surface area contributed by atoms with Gasteiger partial charge in [0.2, 0.25) is 13.6 Å². The molecule has 194 valence electrons. The molecule has 0 saturated carbocycles. The fourth-order valence-electron chi connectivity index (χ4n) is 3.14. The number of fused-ring (bicyclic) bond motifs is 1. The summed E-state index contributed by atoms with van der Waals surface area (Å²) < 4.78 is 45.1. The summed E-state index contributed by atoms with van der Waals surface area (Å²) in [6, 6.07) is 16.0. The van der Waals surface area contributed by atoms with Crippen LogP contribution >= 0.6 is 7.82 Å². The van der Waals surface area contributed by atoms with Crippen molar-refractivity contribution in [3.8, 4) is 5.75 Å². The van der Waals surface area contributed by atoms with Crippen molar-refractivity contribution >= 4 is 30.9 Å². The molecule has 0 saturated heterocycles. The van der Waals surface area contributed by atoms with Crippen LogP contribution in [0.5, 0.6) is 5.75 Å². The zero-order valence-electron chi connectivity index (χ0n) is 20.3. The van der Waals surface area contributed by atoms with Crippen LogP contribution in [-0.4, -0.2) is 55.8 Å². The number of likely N-dealkylation sites (N-methyl/N-ethyl adjacent to an activating group) is 1. The highest BCUT2D eigenvalue weighted by Gasteiger charge is 2.29. The highest BCUT2D eigenvalue weighted by atomic mass is 31.2. The Morgan fingerprint density at radius 3 is 2.28 bits per heavy atom. The van der Waals surface area contributed by atoms with E-state index in [9.17, 15) is 14.2 Å². The summed E-state index contributed by atoms with van der Waals surface area (Å²) in [4.78, 5) is 25.0. The van der Waals surface area contributed by atoms with E-state index in [-0.39, 0.29) is 12.5 Å². The molecule has 0 N–H and O–H groups in total. The van der Waals surface area contributed by atoms with E-state index in [0.717, 1.165) is 29.4 Å². The molecule has 0 aliphatic heterocycles. The van der Waals surface area contributed by atoms with Crippen LogP contribution < -0.4 is 4.74 Å². The molecule has 0 aliphatic carbocycles. The average molecular weight is 520 g/mol. The standard InChI is InChI=1S/C24H29N2O9P/c1-19(27)30-17-33-36(29,34-18-31-24(28)35-21-9-5-4-6-10-21)32-16-26-15-20(13-14-25(2)3)22-11-7-8-12-23(22)26/h4-12,15H,13-14,16-18H2,1-3H3. The Morgan fingerprint density at radius 1 is 0.917 bits per heavy atom. The van der Waals surface area contributed by atoms with E-state index >= 15 is 0 Å². The van der Waals surface area contributed by atoms with Crippen molar-refractivity contribution in [3.63, 3.8) is 0 Å². The number of carbonyl (C=O) groups excluding carboxylic acids is 2. The van der Waals surface area contributed by atoms with Gasteiger partial charge >= 0.3 is 19.9 Å². The number of rotatable bonds is 13. The summed E-state index contributed by atoms with van der Waals surface area (Å²) in [6.45, 7) is 0.345. The van der Waals surface area contributed by atoms with Crippen LogP contribution in [0.1, 0.15) is 12.5 Å². The molecule has 0 aliphatic rings. The summed E-state index contributed by atoms with van der Waals surface area (Å²) in [6.07, 6.45) is 1.63. The first-order chi connectivity index (χ1) is 17.3. The minimum Gasteiger partial charge on any atom is -0.438 e. The van der Waals surface area contributed by atoms with Gasteiger partial charge in [-0.15, -0.1) is 0 Å². The predicted octanol–water partition coefficient (Wildman–Crippen LogP) is 4.55. The fraction of sp³-hybridized carbons (Fsp3) is 0.333. The van der Waals surface area contributed by atoms with Gasteiger partial charge in [-0.2, -0.15) is 0 Å². The molecule has 0 amide bonds. The molecule has 0 radical (unpaired) electrons. The van der Waals surface area contributed by atoms with Gasteiger partial charge in [0.25, 0.3) is 0 Å². The number of aromatic nitrogens is 1. The van der Waals surface area contributed by atoms with Gasteiger partial charge in [-0.05, 0) is 44.3 Å². The number of esters is 1. The van der Waals surface area contributed by atoms with Crippen LogP contribution in [0.2, 0.25) is 0 Å². The molecule has 0 spiro atoms. The molecule has 3 rings (SSSR count). The van der Waals surface area contributed by atoms with Gasteiger partial charge in [0.1, 0.15) is 12.5 Å². The summed E-state index contributed by atoms with van der Waals surface area (Å²) in [5, 5.41) is 1.03. The number of hydrogen-bond acceptors (Lipinski definition) is 10. The number of phosphoric acid groups is 1. The van der Waals surface area contributed by atoms with E-state index in [2.05, 4.69) is 9.64 Å². The monoisotopic (exact) mass is 520 g/mol. The molecule has 0 bridgehead atoms. The zero-order chi connectivity index (χ0) is 26.0. The van der Waals surface area contributed by atoms with E-state index in [1.807, 2.05) is 44.6 Å². The van der Waals surface area contributed by atoms with Crippen LogP contribution in [-0.2, 0) is 45.6 Å². The number of phosphoric ester groups is 1. The van der Waals surface area contributed by atoms with Crippen LogP contribution in [0.25, 0.3) is 10.9 Å². The number of para-hydroxylation sites is 2. The second-order valence-corrected chi connectivity index (χ2v) is 9.51. The van der Waals surface area contributed by atoms with Crippen molar-refractivity contribution in [2.75, 3.05) is 34.2 Å². The Hall–Kier alpha value is -3.21. The van der Waals surface area contributed by atoms with Crippen molar-refractivity contribution in [2.45, 2.75) is 20.1 Å². The molecule has 1 heterocycles. The first-order valence-corrected chi connectivity index (χ1v) is 12.5. The maximum Gasteiger partial charge on any atom is 0.515 e. The Bertz CT molecular complexity index is 1200. The van der Waals surface area contributed by atoms with Gasteiger partial charge < -0.3 is 23.7 Å². The normalized spacial score (nSPS) is 12.9. The van der Waals surface area contributed by atoms with E-state index in [4.69, 9.17) is 23.0 Å². The Balaban J connectivity index is 1.65. The highest BCUT2D eigenvalue weighted by Crippen LogP contribution is 2.50. The van der Waals surface area contributed by atoms with E-state index in [0.29, 0.717) is 0 Å². The van der Waals surface area contributed by atoms with E-state index < -0.39 is 33.5 Å². The molecule has 1 aromatic heterocycles. The average Bonchev–Trinajstić information content (AvgIpc) is 3.20. The first-order valence-electron chi connectivity index (χ1n) is 11.0. The lowest BCUT2D eigenvalue weighted by molar-refractivity contribution is -0.148. The number of carbonyl (C=O) groups is 2. The summed E-state index contributed by atoms with van der Waals surface area (Å²) in [5.41, 5.74) is 1.95. The Morgan fingerprint density at radius 2 is 1.58 bits per heavy atom. The first kappa shape index (κ1) is 27.4. The predicted molar refractivity (Wildman–Crippen MR) is 130 cm³/mol. The fourth-order valence-corrected chi connectivity index (χ4v) is 4.00. The lowest BCUT2D eigenvalue weighted by atomic mass is 10.1.